The molecule has 0 radical (unpaired) electrons. The molecule has 0 aliphatic carbocycles. The second-order valence-electron chi connectivity index (χ2n) is 7.02. The summed E-state index contributed by atoms with van der Waals surface area (Å²) in [5.74, 6) is -0.523. The van der Waals surface area contributed by atoms with Gasteiger partial charge in [-0.2, -0.15) is 0 Å². The lowest BCUT2D eigenvalue weighted by molar-refractivity contribution is -0.384. The van der Waals surface area contributed by atoms with Crippen LogP contribution in [0.1, 0.15) is 35.2 Å². The smallest absolute Gasteiger partial charge is 0.269 e. The maximum atomic E-state index is 12.9. The van der Waals surface area contributed by atoms with Gasteiger partial charge in [0.15, 0.2) is 5.11 Å². The summed E-state index contributed by atoms with van der Waals surface area (Å²) in [6.45, 7) is 1.48. The van der Waals surface area contributed by atoms with Crippen molar-refractivity contribution in [1.82, 2.24) is 10.2 Å². The number of anilines is 1. The fourth-order valence-electron chi connectivity index (χ4n) is 3.23. The highest BCUT2D eigenvalue weighted by Crippen LogP contribution is 2.20. The lowest BCUT2D eigenvalue weighted by Gasteiger charge is -2.27. The van der Waals surface area contributed by atoms with Crippen molar-refractivity contribution >= 4 is 46.6 Å². The fourth-order valence-corrected chi connectivity index (χ4v) is 3.44. The molecule has 1 saturated heterocycles. The second kappa shape index (κ2) is 10.4. The number of carbonyl (C=O) groups is 2. The maximum Gasteiger partial charge on any atom is 0.269 e. The highest BCUT2D eigenvalue weighted by molar-refractivity contribution is 7.80. The number of piperidine rings is 1. The molecule has 1 aliphatic heterocycles. The molecule has 9 heteroatoms. The minimum atomic E-state index is -0.488. The van der Waals surface area contributed by atoms with E-state index in [0.717, 1.165) is 32.4 Å². The molecule has 2 aromatic carbocycles. The molecule has 0 saturated carbocycles. The molecule has 2 amide bonds. The molecule has 2 N–H and O–H groups in total. The molecular formula is C22H22N4O4S. The Hall–Kier alpha value is -3.59. The summed E-state index contributed by atoms with van der Waals surface area (Å²) in [6.07, 6.45) is 5.93. The van der Waals surface area contributed by atoms with E-state index < -0.39 is 10.8 Å². The highest BCUT2D eigenvalue weighted by atomic mass is 32.1. The Labute approximate surface area is 185 Å². The van der Waals surface area contributed by atoms with E-state index in [1.807, 2.05) is 4.90 Å². The van der Waals surface area contributed by atoms with Crippen molar-refractivity contribution in [2.45, 2.75) is 19.3 Å². The topological polar surface area (TPSA) is 105 Å². The number of amides is 2. The number of carbonyl (C=O) groups excluding carboxylic acids is 2. The number of thiocarbonyl (C=S) groups is 1. The van der Waals surface area contributed by atoms with Crippen LogP contribution in [0.2, 0.25) is 0 Å². The monoisotopic (exact) mass is 438 g/mol. The molecule has 3 rings (SSSR count). The number of non-ortho nitro benzene ring substituents is 1. The zero-order valence-corrected chi connectivity index (χ0v) is 17.6. The highest BCUT2D eigenvalue weighted by Gasteiger charge is 2.20. The molecule has 8 nitrogen and oxygen atoms in total. The Morgan fingerprint density at radius 2 is 1.71 bits per heavy atom. The maximum absolute atomic E-state index is 12.9. The number of hydrogen-bond donors (Lipinski definition) is 2. The van der Waals surface area contributed by atoms with Crippen LogP contribution in [0.25, 0.3) is 6.08 Å². The molecule has 0 unspecified atom stereocenters. The summed E-state index contributed by atoms with van der Waals surface area (Å²) in [7, 11) is 0. The zero-order chi connectivity index (χ0) is 22.2. The van der Waals surface area contributed by atoms with Crippen molar-refractivity contribution in [1.29, 1.82) is 0 Å². The number of rotatable bonds is 5. The van der Waals surface area contributed by atoms with E-state index in [-0.39, 0.29) is 16.7 Å². The summed E-state index contributed by atoms with van der Waals surface area (Å²) in [6, 6.07) is 12.9. The largest absolute Gasteiger partial charge is 0.339 e. The number of benzene rings is 2. The quantitative estimate of drug-likeness (QED) is 0.319. The van der Waals surface area contributed by atoms with Crippen LogP contribution in [0.3, 0.4) is 0 Å². The number of nitro groups is 1. The standard InChI is InChI=1S/C22H22N4O4S/c27-20(13-10-16-8-11-17(12-9-16)26(29)30)24-22(31)23-19-7-3-2-6-18(19)21(28)25-14-4-1-5-15-25/h2-3,6-13H,1,4-5,14-15H2,(H2,23,24,27,31)/b13-10+. The Bertz CT molecular complexity index is 1010. The third-order valence-electron chi connectivity index (χ3n) is 4.82. The van der Waals surface area contributed by atoms with Crippen LogP contribution in [-0.2, 0) is 4.79 Å². The molecule has 1 heterocycles. The van der Waals surface area contributed by atoms with Gasteiger partial charge in [0.05, 0.1) is 16.2 Å². The van der Waals surface area contributed by atoms with E-state index in [1.165, 1.54) is 24.3 Å². The zero-order valence-electron chi connectivity index (χ0n) is 16.7. The molecule has 0 atom stereocenters. The van der Waals surface area contributed by atoms with Gasteiger partial charge in [-0.15, -0.1) is 0 Å². The molecule has 31 heavy (non-hydrogen) atoms. The van der Waals surface area contributed by atoms with Crippen molar-refractivity contribution < 1.29 is 14.5 Å². The normalized spacial score (nSPS) is 13.6. The van der Waals surface area contributed by atoms with Crippen LogP contribution < -0.4 is 10.6 Å². The van der Waals surface area contributed by atoms with E-state index >= 15 is 0 Å². The van der Waals surface area contributed by atoms with Gasteiger partial charge in [0.25, 0.3) is 11.6 Å². The molecule has 1 aliphatic rings. The van der Waals surface area contributed by atoms with E-state index in [1.54, 1.807) is 36.4 Å². The van der Waals surface area contributed by atoms with E-state index in [2.05, 4.69) is 10.6 Å². The first-order valence-corrected chi connectivity index (χ1v) is 10.3. The molecule has 2 aromatic rings. The Kier molecular flexibility index (Phi) is 7.45. The van der Waals surface area contributed by atoms with Crippen molar-refractivity contribution in [2.75, 3.05) is 18.4 Å². The molecule has 160 valence electrons. The van der Waals surface area contributed by atoms with Crippen LogP contribution in [-0.4, -0.2) is 39.8 Å². The van der Waals surface area contributed by atoms with Gasteiger partial charge in [-0.3, -0.25) is 25.0 Å². The van der Waals surface area contributed by atoms with Crippen molar-refractivity contribution in [3.05, 3.63) is 75.8 Å². The van der Waals surface area contributed by atoms with Gasteiger partial charge in [0.1, 0.15) is 0 Å². The van der Waals surface area contributed by atoms with E-state index in [9.17, 15) is 19.7 Å². The first-order chi connectivity index (χ1) is 14.9. The molecule has 0 spiro atoms. The lowest BCUT2D eigenvalue weighted by Crippen LogP contribution is -2.37. The summed E-state index contributed by atoms with van der Waals surface area (Å²) in [5.41, 5.74) is 1.65. The number of nitrogens with one attached hydrogen (secondary N) is 2. The summed E-state index contributed by atoms with van der Waals surface area (Å²) >= 11 is 5.21. The molecule has 0 bridgehead atoms. The van der Waals surface area contributed by atoms with Gasteiger partial charge in [0, 0.05) is 31.3 Å². The first kappa shape index (κ1) is 22.1. The second-order valence-corrected chi connectivity index (χ2v) is 7.43. The van der Waals surface area contributed by atoms with Crippen LogP contribution in [0.15, 0.2) is 54.6 Å². The molecule has 0 aromatic heterocycles. The van der Waals surface area contributed by atoms with Crippen LogP contribution in [0, 0.1) is 10.1 Å². The third-order valence-corrected chi connectivity index (χ3v) is 5.02. The number of para-hydroxylation sites is 1. The van der Waals surface area contributed by atoms with Gasteiger partial charge >= 0.3 is 0 Å². The minimum Gasteiger partial charge on any atom is -0.339 e. The van der Waals surface area contributed by atoms with E-state index in [0.29, 0.717) is 16.8 Å². The average Bonchev–Trinajstić information content (AvgIpc) is 2.78. The van der Waals surface area contributed by atoms with Gasteiger partial charge in [-0.05, 0) is 67.4 Å². The third kappa shape index (κ3) is 6.19. The summed E-state index contributed by atoms with van der Waals surface area (Å²) < 4.78 is 0. The predicted octanol–water partition coefficient (Wildman–Crippen LogP) is 3.75. The van der Waals surface area contributed by atoms with Crippen LogP contribution >= 0.6 is 12.2 Å². The Morgan fingerprint density at radius 1 is 1.03 bits per heavy atom. The van der Waals surface area contributed by atoms with E-state index in [4.69, 9.17) is 12.2 Å². The predicted molar refractivity (Wildman–Crippen MR) is 123 cm³/mol. The lowest BCUT2D eigenvalue weighted by atomic mass is 10.1. The SMILES string of the molecule is O=C(/C=C/c1ccc([N+](=O)[O-])cc1)NC(=S)Nc1ccccc1C(=O)N1CCCCC1. The Balaban J connectivity index is 1.59. The number of nitrogens with zero attached hydrogens (tertiary/aromatic N) is 2. The van der Waals surface area contributed by atoms with Gasteiger partial charge < -0.3 is 10.2 Å². The number of likely N-dealkylation sites (tertiary alicyclic amines) is 1. The van der Waals surface area contributed by atoms with Crippen molar-refractivity contribution in [3.8, 4) is 0 Å². The fraction of sp³-hybridized carbons (Fsp3) is 0.227. The summed E-state index contributed by atoms with van der Waals surface area (Å²) in [4.78, 5) is 37.0. The van der Waals surface area contributed by atoms with Gasteiger partial charge in [-0.25, -0.2) is 0 Å². The summed E-state index contributed by atoms with van der Waals surface area (Å²) in [5, 5.41) is 16.2. The van der Waals surface area contributed by atoms with Crippen LogP contribution in [0.5, 0.6) is 0 Å². The number of hydrogen-bond acceptors (Lipinski definition) is 5. The molecule has 1 fully saturated rings. The Morgan fingerprint density at radius 3 is 2.39 bits per heavy atom. The van der Waals surface area contributed by atoms with Crippen molar-refractivity contribution in [2.24, 2.45) is 0 Å². The average molecular weight is 439 g/mol. The first-order valence-electron chi connectivity index (χ1n) is 9.87. The van der Waals surface area contributed by atoms with Crippen LogP contribution in [0.4, 0.5) is 11.4 Å². The molecular weight excluding hydrogens is 416 g/mol. The van der Waals surface area contributed by atoms with Gasteiger partial charge in [0.2, 0.25) is 5.91 Å². The van der Waals surface area contributed by atoms with Gasteiger partial charge in [-0.1, -0.05) is 12.1 Å². The minimum absolute atomic E-state index is 0.0234. The number of nitro benzene ring substituents is 1. The van der Waals surface area contributed by atoms with Crippen molar-refractivity contribution in [3.63, 3.8) is 0 Å².